The molecule has 12 rings (SSSR count). The van der Waals surface area contributed by atoms with E-state index in [1.54, 1.807) is 0 Å². The molecule has 0 saturated carbocycles. The molecule has 0 radical (unpaired) electrons. The van der Waals surface area contributed by atoms with Crippen molar-refractivity contribution in [1.82, 2.24) is 0 Å². The third kappa shape index (κ3) is 7.87. The maximum Gasteiger partial charge on any atom is 0.0468 e. The summed E-state index contributed by atoms with van der Waals surface area (Å²) in [5.41, 5.74) is 22.2. The van der Waals surface area contributed by atoms with Crippen LogP contribution in [0.15, 0.2) is 243 Å². The second-order valence-electron chi connectivity index (χ2n) is 19.5. The average molecular weight is 913 g/mol. The molecule has 71 heavy (non-hydrogen) atoms. The van der Waals surface area contributed by atoms with E-state index in [2.05, 4.69) is 280 Å². The molecule has 0 bridgehead atoms. The predicted octanol–water partition coefficient (Wildman–Crippen LogP) is 19.4. The molecule has 0 amide bonds. The molecular formula is C69H56N2. The molecule has 0 atom stereocenters. The van der Waals surface area contributed by atoms with Gasteiger partial charge in [0.05, 0.1) is 0 Å². The standard InChI is InChI=1S/C69H56N2/c1-5-47-17-13-14-22-61(47)62-39-35-57(43-48(62)6-2)70(55-31-27-51(28-32-55)49-18-9-7-10-19-49)58-36-40-63-53(44-58)25-26-54-45-59(37-41-64(54)63)71(56-33-29-52(30-34-56)50-20-11-8-12-21-50)60-38-42-66-65-23-15-16-24-67(65)69(3,4)68(66)46-60/h7-46H,5-6H2,1-4H3. The van der Waals surface area contributed by atoms with Crippen LogP contribution in [0.3, 0.4) is 0 Å². The molecule has 0 aliphatic heterocycles. The Kier molecular flexibility index (Phi) is 11.2. The second-order valence-corrected chi connectivity index (χ2v) is 19.5. The summed E-state index contributed by atoms with van der Waals surface area (Å²) in [5.74, 6) is 0. The molecule has 0 heterocycles. The van der Waals surface area contributed by atoms with Crippen molar-refractivity contribution < 1.29 is 0 Å². The van der Waals surface area contributed by atoms with Crippen molar-refractivity contribution in [3.05, 3.63) is 265 Å². The quantitative estimate of drug-likeness (QED) is 0.119. The minimum Gasteiger partial charge on any atom is -0.310 e. The van der Waals surface area contributed by atoms with Gasteiger partial charge in [-0.1, -0.05) is 198 Å². The largest absolute Gasteiger partial charge is 0.310 e. The number of hydrogen-bond donors (Lipinski definition) is 0. The monoisotopic (exact) mass is 912 g/mol. The Morgan fingerprint density at radius 2 is 0.690 bits per heavy atom. The van der Waals surface area contributed by atoms with E-state index in [9.17, 15) is 0 Å². The van der Waals surface area contributed by atoms with Crippen LogP contribution in [0, 0.1) is 0 Å². The topological polar surface area (TPSA) is 6.48 Å². The maximum absolute atomic E-state index is 2.43. The molecule has 0 aromatic heterocycles. The highest BCUT2D eigenvalue weighted by molar-refractivity contribution is 6.10. The highest BCUT2D eigenvalue weighted by atomic mass is 15.1. The summed E-state index contributed by atoms with van der Waals surface area (Å²) in [6.45, 7) is 9.24. The molecule has 2 nitrogen and oxygen atoms in total. The molecule has 1 aliphatic rings. The first kappa shape index (κ1) is 43.8. The fraction of sp³-hybridized carbons (Fsp3) is 0.101. The van der Waals surface area contributed by atoms with E-state index < -0.39 is 0 Å². The molecule has 0 N–H and O–H groups in total. The van der Waals surface area contributed by atoms with Crippen LogP contribution in [0.1, 0.15) is 49.9 Å². The van der Waals surface area contributed by atoms with Gasteiger partial charge in [-0.25, -0.2) is 0 Å². The van der Waals surface area contributed by atoms with Crippen molar-refractivity contribution in [2.45, 2.75) is 46.0 Å². The van der Waals surface area contributed by atoms with Gasteiger partial charge in [0, 0.05) is 39.5 Å². The predicted molar refractivity (Wildman–Crippen MR) is 303 cm³/mol. The van der Waals surface area contributed by atoms with Gasteiger partial charge in [-0.05, 0) is 174 Å². The van der Waals surface area contributed by atoms with Crippen LogP contribution in [-0.2, 0) is 18.3 Å². The van der Waals surface area contributed by atoms with E-state index in [4.69, 9.17) is 0 Å². The summed E-state index contributed by atoms with van der Waals surface area (Å²) < 4.78 is 0. The number of hydrogen-bond acceptors (Lipinski definition) is 2. The number of benzene rings is 11. The van der Waals surface area contributed by atoms with Gasteiger partial charge in [-0.15, -0.1) is 0 Å². The normalized spacial score (nSPS) is 12.5. The minimum absolute atomic E-state index is 0.115. The van der Waals surface area contributed by atoms with Crippen LogP contribution in [0.2, 0.25) is 0 Å². The zero-order valence-electron chi connectivity index (χ0n) is 40.9. The lowest BCUT2D eigenvalue weighted by molar-refractivity contribution is 0.660. The lowest BCUT2D eigenvalue weighted by Crippen LogP contribution is -2.16. The fourth-order valence-electron chi connectivity index (χ4n) is 11.3. The third-order valence-corrected chi connectivity index (χ3v) is 15.0. The van der Waals surface area contributed by atoms with Gasteiger partial charge in [-0.3, -0.25) is 0 Å². The zero-order chi connectivity index (χ0) is 48.1. The Morgan fingerprint density at radius 3 is 1.24 bits per heavy atom. The lowest BCUT2D eigenvalue weighted by atomic mass is 9.82. The molecular weight excluding hydrogens is 857 g/mol. The van der Waals surface area contributed by atoms with Crippen molar-refractivity contribution in [3.8, 4) is 44.5 Å². The van der Waals surface area contributed by atoms with Crippen molar-refractivity contribution in [1.29, 1.82) is 0 Å². The van der Waals surface area contributed by atoms with Crippen molar-refractivity contribution in [2.75, 3.05) is 9.80 Å². The van der Waals surface area contributed by atoms with Gasteiger partial charge in [-0.2, -0.15) is 0 Å². The first-order valence-corrected chi connectivity index (χ1v) is 25.2. The number of nitrogens with zero attached hydrogens (tertiary/aromatic N) is 2. The number of rotatable bonds is 11. The van der Waals surface area contributed by atoms with Crippen LogP contribution < -0.4 is 9.80 Å². The summed E-state index contributed by atoms with van der Waals surface area (Å²) in [7, 11) is 0. The van der Waals surface area contributed by atoms with Crippen LogP contribution in [0.25, 0.3) is 66.1 Å². The zero-order valence-corrected chi connectivity index (χ0v) is 40.9. The summed E-state index contributed by atoms with van der Waals surface area (Å²) in [5, 5.41) is 4.86. The number of anilines is 6. The first-order chi connectivity index (χ1) is 34.9. The Labute approximate surface area is 418 Å². The summed E-state index contributed by atoms with van der Waals surface area (Å²) in [6, 6.07) is 89.8. The molecule has 11 aromatic rings. The summed E-state index contributed by atoms with van der Waals surface area (Å²) in [6.07, 6.45) is 1.93. The van der Waals surface area contributed by atoms with E-state index in [1.807, 2.05) is 0 Å². The Bertz CT molecular complexity index is 3740. The summed E-state index contributed by atoms with van der Waals surface area (Å²) in [4.78, 5) is 4.85. The number of aryl methyl sites for hydroxylation is 2. The maximum atomic E-state index is 2.43. The van der Waals surface area contributed by atoms with Gasteiger partial charge in [0.15, 0.2) is 0 Å². The van der Waals surface area contributed by atoms with Gasteiger partial charge >= 0.3 is 0 Å². The Balaban J connectivity index is 0.954. The smallest absolute Gasteiger partial charge is 0.0468 e. The van der Waals surface area contributed by atoms with Crippen molar-refractivity contribution in [2.24, 2.45) is 0 Å². The second kappa shape index (κ2) is 18.1. The van der Waals surface area contributed by atoms with Crippen LogP contribution in [0.5, 0.6) is 0 Å². The molecule has 1 aliphatic carbocycles. The molecule has 342 valence electrons. The molecule has 0 unspecified atom stereocenters. The molecule has 0 spiro atoms. The van der Waals surface area contributed by atoms with Crippen LogP contribution in [0.4, 0.5) is 34.1 Å². The Hall–Kier alpha value is -8.46. The van der Waals surface area contributed by atoms with Gasteiger partial charge in [0.1, 0.15) is 0 Å². The molecule has 0 saturated heterocycles. The fourth-order valence-corrected chi connectivity index (χ4v) is 11.3. The molecule has 11 aromatic carbocycles. The summed E-state index contributed by atoms with van der Waals surface area (Å²) >= 11 is 0. The van der Waals surface area contributed by atoms with E-state index in [1.165, 1.54) is 88.3 Å². The lowest BCUT2D eigenvalue weighted by Gasteiger charge is -2.29. The van der Waals surface area contributed by atoms with E-state index >= 15 is 0 Å². The molecule has 0 fully saturated rings. The van der Waals surface area contributed by atoms with E-state index in [0.29, 0.717) is 0 Å². The average Bonchev–Trinajstić information content (AvgIpc) is 3.66. The highest BCUT2D eigenvalue weighted by Gasteiger charge is 2.35. The number of fused-ring (bicyclic) bond motifs is 6. The SMILES string of the molecule is CCc1ccccc1-c1ccc(N(c2ccc(-c3ccccc3)cc2)c2ccc3c(ccc4cc(N(c5ccc(-c6ccccc6)cc5)c5ccc6c(c5)C(C)(C)c5ccccc5-6)ccc43)c2)cc1CC. The molecule has 2 heteroatoms. The van der Waals surface area contributed by atoms with Gasteiger partial charge in [0.25, 0.3) is 0 Å². The highest BCUT2D eigenvalue weighted by Crippen LogP contribution is 2.51. The van der Waals surface area contributed by atoms with E-state index in [0.717, 1.165) is 47.0 Å². The van der Waals surface area contributed by atoms with Gasteiger partial charge in [0.2, 0.25) is 0 Å². The van der Waals surface area contributed by atoms with Crippen molar-refractivity contribution >= 4 is 55.7 Å². The van der Waals surface area contributed by atoms with Crippen LogP contribution in [-0.4, -0.2) is 0 Å². The van der Waals surface area contributed by atoms with Crippen LogP contribution >= 0.6 is 0 Å². The minimum atomic E-state index is -0.115. The van der Waals surface area contributed by atoms with Crippen molar-refractivity contribution in [3.63, 3.8) is 0 Å². The van der Waals surface area contributed by atoms with E-state index in [-0.39, 0.29) is 5.41 Å². The Morgan fingerprint density at radius 1 is 0.296 bits per heavy atom. The third-order valence-electron chi connectivity index (χ3n) is 15.0. The van der Waals surface area contributed by atoms with Gasteiger partial charge < -0.3 is 9.80 Å². The first-order valence-electron chi connectivity index (χ1n) is 25.2.